The number of nitrogens with zero attached hydrogens (tertiary/aromatic N) is 2. The molecule has 1 heterocycles. The third kappa shape index (κ3) is 4.31. The van der Waals surface area contributed by atoms with E-state index in [-0.39, 0.29) is 17.5 Å². The summed E-state index contributed by atoms with van der Waals surface area (Å²) < 4.78 is 2.08. The van der Waals surface area contributed by atoms with E-state index in [9.17, 15) is 10.1 Å². The Hall–Kier alpha value is -2.51. The predicted molar refractivity (Wildman–Crippen MR) is 113 cm³/mol. The molecule has 4 nitrogen and oxygen atoms in total. The van der Waals surface area contributed by atoms with Gasteiger partial charge in [0.05, 0.1) is 0 Å². The first kappa shape index (κ1) is 20.2. The fraction of sp³-hybridized carbons (Fsp3) is 0.391. The van der Waals surface area contributed by atoms with Gasteiger partial charge in [-0.3, -0.25) is 4.79 Å². The van der Waals surface area contributed by atoms with E-state index in [1.54, 1.807) is 6.08 Å². The lowest BCUT2D eigenvalue weighted by Gasteiger charge is -2.29. The summed E-state index contributed by atoms with van der Waals surface area (Å²) in [5.74, 6) is 0.166. The third-order valence-corrected chi connectivity index (χ3v) is 5.86. The molecular formula is C23H26ClN3O. The number of rotatable bonds is 4. The minimum Gasteiger partial charge on any atom is -0.348 e. The summed E-state index contributed by atoms with van der Waals surface area (Å²) in [6.45, 7) is 6.15. The molecule has 1 fully saturated rings. The monoisotopic (exact) mass is 395 g/mol. The molecule has 1 aromatic carbocycles. The second kappa shape index (κ2) is 8.67. The Bertz CT molecular complexity index is 951. The summed E-state index contributed by atoms with van der Waals surface area (Å²) in [7, 11) is 0. The van der Waals surface area contributed by atoms with E-state index >= 15 is 0 Å². The van der Waals surface area contributed by atoms with Crippen LogP contribution < -0.4 is 5.32 Å². The van der Waals surface area contributed by atoms with Gasteiger partial charge in [-0.05, 0) is 68.5 Å². The molecule has 0 aliphatic heterocycles. The lowest BCUT2D eigenvalue weighted by Crippen LogP contribution is -2.41. The fourth-order valence-electron chi connectivity index (χ4n) is 4.03. The van der Waals surface area contributed by atoms with Crippen LogP contribution in [-0.4, -0.2) is 16.5 Å². The number of hydrogen-bond acceptors (Lipinski definition) is 2. The largest absolute Gasteiger partial charge is 0.348 e. The van der Waals surface area contributed by atoms with E-state index in [0.29, 0.717) is 10.9 Å². The van der Waals surface area contributed by atoms with Crippen LogP contribution >= 0.6 is 11.6 Å². The van der Waals surface area contributed by atoms with E-state index in [1.165, 1.54) is 6.42 Å². The van der Waals surface area contributed by atoms with Crippen molar-refractivity contribution in [3.63, 3.8) is 0 Å². The Morgan fingerprint density at radius 3 is 2.71 bits per heavy atom. The lowest BCUT2D eigenvalue weighted by molar-refractivity contribution is -0.118. The lowest BCUT2D eigenvalue weighted by atomic mass is 9.86. The van der Waals surface area contributed by atoms with E-state index in [4.69, 9.17) is 11.6 Å². The topological polar surface area (TPSA) is 57.8 Å². The molecule has 0 radical (unpaired) electrons. The number of aromatic nitrogens is 1. The number of carbonyl (C=O) groups is 1. The molecule has 0 saturated heterocycles. The Labute approximate surface area is 171 Å². The zero-order valence-corrected chi connectivity index (χ0v) is 17.4. The molecule has 146 valence electrons. The summed E-state index contributed by atoms with van der Waals surface area (Å²) >= 11 is 6.14. The fourth-order valence-corrected chi connectivity index (χ4v) is 4.21. The summed E-state index contributed by atoms with van der Waals surface area (Å²) in [6.07, 6.45) is 6.13. The number of halogens is 1. The van der Waals surface area contributed by atoms with Crippen molar-refractivity contribution in [2.45, 2.75) is 52.5 Å². The highest BCUT2D eigenvalue weighted by Gasteiger charge is 2.24. The van der Waals surface area contributed by atoms with Gasteiger partial charge in [0.1, 0.15) is 11.6 Å². The molecule has 1 N–H and O–H groups in total. The molecule has 1 aliphatic rings. The Balaban J connectivity index is 1.88. The van der Waals surface area contributed by atoms with Crippen LogP contribution in [0.1, 0.15) is 49.6 Å². The van der Waals surface area contributed by atoms with Crippen molar-refractivity contribution in [2.75, 3.05) is 0 Å². The first-order valence-corrected chi connectivity index (χ1v) is 10.2. The summed E-state index contributed by atoms with van der Waals surface area (Å²) in [4.78, 5) is 12.7. The second-order valence-corrected chi connectivity index (χ2v) is 8.09. The van der Waals surface area contributed by atoms with Gasteiger partial charge in [0.15, 0.2) is 0 Å². The number of benzene rings is 1. The summed E-state index contributed by atoms with van der Waals surface area (Å²) in [5.41, 5.74) is 3.95. The number of carbonyl (C=O) groups excluding carboxylic acids is 1. The average molecular weight is 396 g/mol. The number of hydrogen-bond donors (Lipinski definition) is 1. The molecule has 2 aromatic rings. The molecule has 1 saturated carbocycles. The van der Waals surface area contributed by atoms with E-state index in [1.807, 2.05) is 44.2 Å². The van der Waals surface area contributed by atoms with Crippen LogP contribution in [-0.2, 0) is 4.79 Å². The van der Waals surface area contributed by atoms with Crippen molar-refractivity contribution >= 4 is 23.6 Å². The normalized spacial score (nSPS) is 19.9. The van der Waals surface area contributed by atoms with Crippen molar-refractivity contribution < 1.29 is 4.79 Å². The van der Waals surface area contributed by atoms with Crippen LogP contribution in [0.4, 0.5) is 0 Å². The van der Waals surface area contributed by atoms with Crippen molar-refractivity contribution in [1.82, 2.24) is 9.88 Å². The maximum absolute atomic E-state index is 12.7. The molecule has 1 aliphatic carbocycles. The van der Waals surface area contributed by atoms with E-state index in [2.05, 4.69) is 22.9 Å². The maximum Gasteiger partial charge on any atom is 0.262 e. The minimum absolute atomic E-state index is 0.143. The molecule has 1 aromatic heterocycles. The van der Waals surface area contributed by atoms with Gasteiger partial charge in [0.2, 0.25) is 0 Å². The van der Waals surface area contributed by atoms with Crippen LogP contribution in [0, 0.1) is 31.1 Å². The van der Waals surface area contributed by atoms with Crippen LogP contribution in [0.15, 0.2) is 35.9 Å². The Morgan fingerprint density at radius 2 is 2.04 bits per heavy atom. The number of nitrogens with one attached hydrogen (secondary N) is 1. The summed E-state index contributed by atoms with van der Waals surface area (Å²) in [6, 6.07) is 11.9. The van der Waals surface area contributed by atoms with Crippen LogP contribution in [0.3, 0.4) is 0 Å². The SMILES string of the molecule is Cc1cc(/C=C(\C#N)C(=O)N[C@H]2CCCC[C@H]2C)c(C)n1-c1cccc(Cl)c1. The maximum atomic E-state index is 12.7. The molecule has 2 atom stereocenters. The Morgan fingerprint density at radius 1 is 1.29 bits per heavy atom. The molecule has 1 amide bonds. The molecule has 3 rings (SSSR count). The highest BCUT2D eigenvalue weighted by molar-refractivity contribution is 6.30. The number of nitriles is 1. The molecule has 28 heavy (non-hydrogen) atoms. The number of amides is 1. The van der Waals surface area contributed by atoms with Gasteiger partial charge in [-0.25, -0.2) is 0 Å². The van der Waals surface area contributed by atoms with E-state index < -0.39 is 0 Å². The van der Waals surface area contributed by atoms with Crippen LogP contribution in [0.25, 0.3) is 11.8 Å². The Kier molecular flexibility index (Phi) is 6.26. The van der Waals surface area contributed by atoms with Gasteiger partial charge in [-0.1, -0.05) is 37.4 Å². The highest BCUT2D eigenvalue weighted by atomic mass is 35.5. The number of aryl methyl sites for hydroxylation is 1. The van der Waals surface area contributed by atoms with Gasteiger partial charge >= 0.3 is 0 Å². The molecular weight excluding hydrogens is 370 g/mol. The average Bonchev–Trinajstić information content (AvgIpc) is 2.94. The molecule has 0 spiro atoms. The van der Waals surface area contributed by atoms with Crippen molar-refractivity contribution in [1.29, 1.82) is 5.26 Å². The van der Waals surface area contributed by atoms with Crippen molar-refractivity contribution in [3.8, 4) is 11.8 Å². The van der Waals surface area contributed by atoms with Gasteiger partial charge in [-0.15, -0.1) is 0 Å². The summed E-state index contributed by atoms with van der Waals surface area (Å²) in [5, 5.41) is 13.3. The van der Waals surface area contributed by atoms with E-state index in [0.717, 1.165) is 41.9 Å². The first-order chi connectivity index (χ1) is 13.4. The molecule has 5 heteroatoms. The highest BCUT2D eigenvalue weighted by Crippen LogP contribution is 2.26. The van der Waals surface area contributed by atoms with Gasteiger partial charge < -0.3 is 9.88 Å². The zero-order valence-electron chi connectivity index (χ0n) is 16.6. The first-order valence-electron chi connectivity index (χ1n) is 9.78. The van der Waals surface area contributed by atoms with Gasteiger partial charge in [-0.2, -0.15) is 5.26 Å². The quantitative estimate of drug-likeness (QED) is 0.560. The van der Waals surface area contributed by atoms with Crippen LogP contribution in [0.5, 0.6) is 0 Å². The zero-order chi connectivity index (χ0) is 20.3. The minimum atomic E-state index is -0.284. The molecule has 0 bridgehead atoms. The second-order valence-electron chi connectivity index (χ2n) is 7.65. The van der Waals surface area contributed by atoms with Crippen LogP contribution in [0.2, 0.25) is 5.02 Å². The van der Waals surface area contributed by atoms with Gasteiger partial charge in [0.25, 0.3) is 5.91 Å². The third-order valence-electron chi connectivity index (χ3n) is 5.63. The van der Waals surface area contributed by atoms with Gasteiger partial charge in [0, 0.05) is 28.1 Å². The molecule has 0 unspecified atom stereocenters. The smallest absolute Gasteiger partial charge is 0.262 e. The van der Waals surface area contributed by atoms with Crippen molar-refractivity contribution in [3.05, 3.63) is 57.9 Å². The standard InChI is InChI=1S/C23H26ClN3O/c1-15-7-4-5-10-22(15)26-23(28)19(14-25)12-18-11-16(2)27(17(18)3)21-9-6-8-20(24)13-21/h6,8-9,11-13,15,22H,4-5,7,10H2,1-3H3,(H,26,28)/b19-12+/t15-,22+/m1/s1. The van der Waals surface area contributed by atoms with Crippen molar-refractivity contribution in [2.24, 2.45) is 5.92 Å². The predicted octanol–water partition coefficient (Wildman–Crippen LogP) is 5.35.